The predicted octanol–water partition coefficient (Wildman–Crippen LogP) is 13.7. The molecule has 8 aromatic carbocycles. The summed E-state index contributed by atoms with van der Waals surface area (Å²) in [5.74, 6) is 0. The van der Waals surface area contributed by atoms with Crippen LogP contribution in [0.3, 0.4) is 0 Å². The lowest BCUT2D eigenvalue weighted by Gasteiger charge is -2.39. The molecule has 0 saturated heterocycles. The average Bonchev–Trinajstić information content (AvgIpc) is 3.39. The van der Waals surface area contributed by atoms with Crippen LogP contribution in [0.25, 0.3) is 54.9 Å². The largest absolute Gasteiger partial charge is 0.310 e. The third-order valence-electron chi connectivity index (χ3n) is 11.8. The van der Waals surface area contributed by atoms with Crippen molar-refractivity contribution in [2.75, 3.05) is 4.90 Å². The maximum atomic E-state index is 2.50. The second kappa shape index (κ2) is 10.8. The van der Waals surface area contributed by atoms with E-state index in [4.69, 9.17) is 0 Å². The highest BCUT2D eigenvalue weighted by Gasteiger charge is 2.39. The van der Waals surface area contributed by atoms with Gasteiger partial charge in [0.1, 0.15) is 0 Å². The summed E-state index contributed by atoms with van der Waals surface area (Å²) in [6.45, 7) is 9.57. The van der Waals surface area contributed by atoms with Gasteiger partial charge in [-0.3, -0.25) is 0 Å². The number of nitrogens with zero attached hydrogens (tertiary/aromatic N) is 1. The molecule has 0 amide bonds. The molecule has 0 aromatic heterocycles. The number of benzene rings is 8. The molecule has 0 radical (unpaired) electrons. The summed E-state index contributed by atoms with van der Waals surface area (Å²) < 4.78 is 0. The monoisotopic (exact) mass is 653 g/mol. The maximum Gasteiger partial charge on any atom is 0.0546 e. The normalized spacial score (nSPS) is 14.6. The second-order valence-electron chi connectivity index (χ2n) is 15.3. The van der Waals surface area contributed by atoms with Gasteiger partial charge in [0.15, 0.2) is 0 Å². The van der Waals surface area contributed by atoms with E-state index < -0.39 is 0 Å². The third kappa shape index (κ3) is 4.22. The Bertz CT molecular complexity index is 2690. The highest BCUT2D eigenvalue weighted by molar-refractivity contribution is 6.12. The number of rotatable bonds is 4. The quantitative estimate of drug-likeness (QED) is 0.183. The molecular formula is C50H39N. The summed E-state index contributed by atoms with van der Waals surface area (Å²) in [6, 6.07) is 61.0. The molecule has 244 valence electrons. The number of hydrogen-bond acceptors (Lipinski definition) is 1. The van der Waals surface area contributed by atoms with Crippen LogP contribution < -0.4 is 4.90 Å². The first-order valence-electron chi connectivity index (χ1n) is 18.1. The fourth-order valence-electron chi connectivity index (χ4n) is 9.44. The van der Waals surface area contributed by atoms with Crippen molar-refractivity contribution in [3.8, 4) is 33.4 Å². The fourth-order valence-corrected chi connectivity index (χ4v) is 9.44. The molecule has 0 heterocycles. The van der Waals surface area contributed by atoms with Gasteiger partial charge in [-0.2, -0.15) is 0 Å². The first-order valence-corrected chi connectivity index (χ1v) is 18.1. The van der Waals surface area contributed by atoms with Crippen molar-refractivity contribution in [2.45, 2.75) is 38.5 Å². The second-order valence-corrected chi connectivity index (χ2v) is 15.3. The van der Waals surface area contributed by atoms with Gasteiger partial charge in [0.2, 0.25) is 0 Å². The zero-order valence-corrected chi connectivity index (χ0v) is 29.5. The number of anilines is 3. The Morgan fingerprint density at radius 1 is 0.392 bits per heavy atom. The van der Waals surface area contributed by atoms with Crippen molar-refractivity contribution < 1.29 is 0 Å². The Kier molecular flexibility index (Phi) is 6.34. The fraction of sp³-hybridized carbons (Fsp3) is 0.120. The SMILES string of the molecule is CC1(C)c2ccccc2-c2ccc(N(c3ccccc3)c3ccc4cccc5c4c3-c3cccc(-c4cccc6ccccc46)c3C5(C)C)cc21. The standard InChI is InChI=1S/C50H39N/c1-49(2)42-25-11-10-21-38(42)39-29-28-35(31-44(39)49)51(34-18-6-5-7-19-34)45-30-27-33-17-13-26-43-46(33)47(45)41-24-14-23-40(48(41)50(43,3)4)37-22-12-16-32-15-8-9-20-36(32)37/h5-31H,1-4H3. The minimum absolute atomic E-state index is 0.0981. The third-order valence-corrected chi connectivity index (χ3v) is 11.8. The maximum absolute atomic E-state index is 2.50. The zero-order valence-electron chi connectivity index (χ0n) is 29.5. The van der Waals surface area contributed by atoms with Gasteiger partial charge in [0, 0.05) is 27.8 Å². The Labute approximate surface area is 300 Å². The molecule has 0 N–H and O–H groups in total. The van der Waals surface area contributed by atoms with E-state index in [1.54, 1.807) is 0 Å². The Morgan fingerprint density at radius 3 is 1.90 bits per heavy atom. The van der Waals surface area contributed by atoms with E-state index in [9.17, 15) is 0 Å². The highest BCUT2D eigenvalue weighted by atomic mass is 15.1. The molecule has 51 heavy (non-hydrogen) atoms. The van der Waals surface area contributed by atoms with Crippen LogP contribution in [0.4, 0.5) is 17.1 Å². The van der Waals surface area contributed by atoms with Crippen LogP contribution in [-0.4, -0.2) is 0 Å². The van der Waals surface area contributed by atoms with Gasteiger partial charge < -0.3 is 4.90 Å². The average molecular weight is 654 g/mol. The van der Waals surface area contributed by atoms with Gasteiger partial charge in [-0.25, -0.2) is 0 Å². The van der Waals surface area contributed by atoms with E-state index in [1.807, 2.05) is 0 Å². The van der Waals surface area contributed by atoms with E-state index in [1.165, 1.54) is 88.6 Å². The van der Waals surface area contributed by atoms with Gasteiger partial charge in [0.25, 0.3) is 0 Å². The van der Waals surface area contributed by atoms with Gasteiger partial charge in [-0.05, 0) is 102 Å². The molecule has 10 rings (SSSR count). The summed E-state index contributed by atoms with van der Waals surface area (Å²) in [5.41, 5.74) is 16.6. The molecule has 1 nitrogen and oxygen atoms in total. The van der Waals surface area contributed by atoms with Gasteiger partial charge >= 0.3 is 0 Å². The van der Waals surface area contributed by atoms with Crippen molar-refractivity contribution in [3.63, 3.8) is 0 Å². The summed E-state index contributed by atoms with van der Waals surface area (Å²) in [7, 11) is 0. The van der Waals surface area contributed by atoms with Gasteiger partial charge in [0.05, 0.1) is 5.69 Å². The Balaban J connectivity index is 1.28. The van der Waals surface area contributed by atoms with Crippen LogP contribution in [0.1, 0.15) is 49.9 Å². The van der Waals surface area contributed by atoms with Crippen molar-refractivity contribution >= 4 is 38.6 Å². The first-order chi connectivity index (χ1) is 24.8. The molecular weight excluding hydrogens is 615 g/mol. The molecule has 2 aliphatic carbocycles. The first kappa shape index (κ1) is 29.9. The van der Waals surface area contributed by atoms with Crippen molar-refractivity contribution in [2.24, 2.45) is 0 Å². The molecule has 1 heteroatoms. The predicted molar refractivity (Wildman–Crippen MR) is 217 cm³/mol. The van der Waals surface area contributed by atoms with Crippen LogP contribution in [0.5, 0.6) is 0 Å². The molecule has 0 unspecified atom stereocenters. The molecule has 2 aliphatic rings. The van der Waals surface area contributed by atoms with Crippen molar-refractivity contribution in [1.82, 2.24) is 0 Å². The molecule has 0 saturated carbocycles. The molecule has 8 aromatic rings. The summed E-state index contributed by atoms with van der Waals surface area (Å²) in [4.78, 5) is 2.50. The number of hydrogen-bond donors (Lipinski definition) is 0. The van der Waals surface area contributed by atoms with E-state index >= 15 is 0 Å². The Morgan fingerprint density at radius 2 is 1.02 bits per heavy atom. The molecule has 0 aliphatic heterocycles. The summed E-state index contributed by atoms with van der Waals surface area (Å²) >= 11 is 0. The lowest BCUT2D eigenvalue weighted by Crippen LogP contribution is -2.25. The highest BCUT2D eigenvalue weighted by Crippen LogP contribution is 2.57. The molecule has 0 atom stereocenters. The zero-order chi connectivity index (χ0) is 34.5. The van der Waals surface area contributed by atoms with Crippen molar-refractivity contribution in [3.05, 3.63) is 186 Å². The lowest BCUT2D eigenvalue weighted by atomic mass is 9.66. The minimum Gasteiger partial charge on any atom is -0.310 e. The van der Waals surface area contributed by atoms with E-state index in [0.717, 1.165) is 5.69 Å². The van der Waals surface area contributed by atoms with Gasteiger partial charge in [-0.1, -0.05) is 161 Å². The van der Waals surface area contributed by atoms with Crippen LogP contribution in [0.2, 0.25) is 0 Å². The van der Waals surface area contributed by atoms with E-state index in [-0.39, 0.29) is 10.8 Å². The van der Waals surface area contributed by atoms with Crippen LogP contribution in [0.15, 0.2) is 164 Å². The van der Waals surface area contributed by atoms with Crippen LogP contribution in [-0.2, 0) is 10.8 Å². The van der Waals surface area contributed by atoms with E-state index in [2.05, 4.69) is 196 Å². The minimum atomic E-state index is -0.227. The van der Waals surface area contributed by atoms with E-state index in [0.29, 0.717) is 0 Å². The molecule has 0 spiro atoms. The topological polar surface area (TPSA) is 3.24 Å². The Hall–Kier alpha value is -5.92. The smallest absolute Gasteiger partial charge is 0.0546 e. The molecule has 0 fully saturated rings. The summed E-state index contributed by atoms with van der Waals surface area (Å²) in [6.07, 6.45) is 0. The molecule has 0 bridgehead atoms. The van der Waals surface area contributed by atoms with Gasteiger partial charge in [-0.15, -0.1) is 0 Å². The number of fused-ring (bicyclic) bond motifs is 6. The van der Waals surface area contributed by atoms with Crippen LogP contribution >= 0.6 is 0 Å². The van der Waals surface area contributed by atoms with Crippen molar-refractivity contribution in [1.29, 1.82) is 0 Å². The van der Waals surface area contributed by atoms with Crippen LogP contribution in [0, 0.1) is 0 Å². The lowest BCUT2D eigenvalue weighted by molar-refractivity contribution is 0.647. The number of para-hydroxylation sites is 1. The summed E-state index contributed by atoms with van der Waals surface area (Å²) in [5, 5.41) is 5.17.